The number of allylic oxidation sites excluding steroid dienone is 1. The van der Waals surface area contributed by atoms with Crippen molar-refractivity contribution in [3.63, 3.8) is 0 Å². The number of sulfone groups is 1. The van der Waals surface area contributed by atoms with E-state index in [1.54, 1.807) is 12.1 Å². The van der Waals surface area contributed by atoms with Crippen molar-refractivity contribution < 1.29 is 28.5 Å². The Morgan fingerprint density at radius 3 is 2.27 bits per heavy atom. The zero-order valence-corrected chi connectivity index (χ0v) is 25.2. The molecule has 0 saturated heterocycles. The number of amides is 1. The second kappa shape index (κ2) is 11.3. The highest BCUT2D eigenvalue weighted by atomic mass is 79.9. The number of benzene rings is 3. The van der Waals surface area contributed by atoms with Gasteiger partial charge in [0, 0.05) is 4.47 Å². The molecule has 0 aromatic heterocycles. The average molecular weight is 647 g/mol. The maximum atomic E-state index is 13.6. The van der Waals surface area contributed by atoms with E-state index in [0.29, 0.717) is 5.57 Å². The first-order valence-corrected chi connectivity index (χ1v) is 15.1. The van der Waals surface area contributed by atoms with Gasteiger partial charge in [-0.3, -0.25) is 4.79 Å². The molecular weight excluding hydrogens is 618 g/mol. The van der Waals surface area contributed by atoms with Crippen molar-refractivity contribution in [2.45, 2.75) is 49.3 Å². The van der Waals surface area contributed by atoms with Gasteiger partial charge in [-0.05, 0) is 84.8 Å². The molecular formula is C30H29BrClNO6S. The van der Waals surface area contributed by atoms with Gasteiger partial charge >= 0.3 is 0 Å². The number of carbonyl (C=O) groups is 1. The van der Waals surface area contributed by atoms with Crippen molar-refractivity contribution in [2.24, 2.45) is 5.41 Å². The molecule has 0 radical (unpaired) electrons. The van der Waals surface area contributed by atoms with Gasteiger partial charge in [-0.1, -0.05) is 65.6 Å². The lowest BCUT2D eigenvalue weighted by Gasteiger charge is -2.33. The van der Waals surface area contributed by atoms with Crippen LogP contribution in [0.4, 0.5) is 5.69 Å². The van der Waals surface area contributed by atoms with Gasteiger partial charge in [0.1, 0.15) is 5.41 Å². The molecule has 1 aliphatic rings. The van der Waals surface area contributed by atoms with Gasteiger partial charge in [0.25, 0.3) is 0 Å². The van der Waals surface area contributed by atoms with E-state index in [2.05, 4.69) is 21.2 Å². The largest absolute Gasteiger partial charge is 0.507 e. The molecule has 4 N–H and O–H groups in total. The van der Waals surface area contributed by atoms with Gasteiger partial charge in [0.15, 0.2) is 17.3 Å². The number of halogens is 2. The number of carbonyl (C=O) groups excluding carboxylic acids is 1. The van der Waals surface area contributed by atoms with Crippen molar-refractivity contribution in [3.05, 3.63) is 110 Å². The molecule has 1 aliphatic carbocycles. The minimum Gasteiger partial charge on any atom is -0.507 e. The number of rotatable bonds is 7. The highest BCUT2D eigenvalue weighted by Gasteiger charge is 2.45. The first-order chi connectivity index (χ1) is 18.8. The fourth-order valence-corrected chi connectivity index (χ4v) is 6.45. The monoisotopic (exact) mass is 645 g/mol. The molecule has 1 amide bonds. The van der Waals surface area contributed by atoms with Gasteiger partial charge in [0.05, 0.1) is 20.5 Å². The van der Waals surface area contributed by atoms with Crippen LogP contribution in [0.2, 0.25) is 5.02 Å². The molecule has 3 aromatic carbocycles. The van der Waals surface area contributed by atoms with Gasteiger partial charge in [-0.25, -0.2) is 8.42 Å². The van der Waals surface area contributed by atoms with E-state index in [1.165, 1.54) is 37.3 Å². The van der Waals surface area contributed by atoms with E-state index in [1.807, 2.05) is 38.1 Å². The predicted molar refractivity (Wildman–Crippen MR) is 159 cm³/mol. The highest BCUT2D eigenvalue weighted by molar-refractivity contribution is 9.10. The van der Waals surface area contributed by atoms with E-state index in [-0.39, 0.29) is 39.3 Å². The van der Waals surface area contributed by atoms with Gasteiger partial charge in [0.2, 0.25) is 15.7 Å². The van der Waals surface area contributed by atoms with Gasteiger partial charge < -0.3 is 20.6 Å². The molecule has 0 bridgehead atoms. The first kappa shape index (κ1) is 29.7. The lowest BCUT2D eigenvalue weighted by molar-refractivity contribution is -0.124. The Kier molecular flexibility index (Phi) is 8.40. The quantitative estimate of drug-likeness (QED) is 0.208. The molecule has 40 heavy (non-hydrogen) atoms. The summed E-state index contributed by atoms with van der Waals surface area (Å²) in [4.78, 5) is 13.6. The lowest BCUT2D eigenvalue weighted by atomic mass is 9.74. The fraction of sp³-hybridized carbons (Fsp3) is 0.233. The summed E-state index contributed by atoms with van der Waals surface area (Å²) in [6, 6.07) is 17.8. The predicted octanol–water partition coefficient (Wildman–Crippen LogP) is 7.79. The maximum Gasteiger partial charge on any atom is 0.238 e. The summed E-state index contributed by atoms with van der Waals surface area (Å²) >= 11 is 9.61. The standard InChI is InChI=1S/C30H29BrClNO6S/c1-17(2)23-7-5-4-6-18(23)14-19-16-30(3,28(36)27(35)26(19)34)29(37)33-25-15-22(12-13-24(25)32)40(38,39)21-10-8-20(31)9-11-21/h4-13,15,17,34-36H,14,16H2,1-3H3,(H,33,37). The van der Waals surface area contributed by atoms with Crippen LogP contribution in [-0.4, -0.2) is 29.6 Å². The Balaban J connectivity index is 1.65. The van der Waals surface area contributed by atoms with Crippen LogP contribution in [0, 0.1) is 5.41 Å². The Morgan fingerprint density at radius 2 is 1.62 bits per heavy atom. The zero-order chi connectivity index (χ0) is 29.4. The number of hydrogen-bond acceptors (Lipinski definition) is 6. The summed E-state index contributed by atoms with van der Waals surface area (Å²) in [7, 11) is -3.92. The zero-order valence-electron chi connectivity index (χ0n) is 22.1. The molecule has 1 unspecified atom stereocenters. The summed E-state index contributed by atoms with van der Waals surface area (Å²) in [5.74, 6) is -2.48. The van der Waals surface area contributed by atoms with Crippen molar-refractivity contribution in [1.82, 2.24) is 0 Å². The van der Waals surface area contributed by atoms with Crippen LogP contribution in [0.3, 0.4) is 0 Å². The molecule has 0 fully saturated rings. The molecule has 3 aromatic rings. The molecule has 4 rings (SSSR count). The van der Waals surface area contributed by atoms with Crippen molar-refractivity contribution >= 4 is 49.0 Å². The second-order valence-corrected chi connectivity index (χ2v) is 13.5. The molecule has 1 atom stereocenters. The minimum atomic E-state index is -3.92. The maximum absolute atomic E-state index is 13.6. The Labute approximate surface area is 246 Å². The van der Waals surface area contributed by atoms with Crippen molar-refractivity contribution in [1.29, 1.82) is 0 Å². The number of aliphatic hydroxyl groups is 3. The third kappa shape index (κ3) is 5.64. The second-order valence-electron chi connectivity index (χ2n) is 10.2. The molecule has 0 aliphatic heterocycles. The molecule has 10 heteroatoms. The van der Waals surface area contributed by atoms with E-state index < -0.39 is 38.4 Å². The van der Waals surface area contributed by atoms with Crippen LogP contribution < -0.4 is 5.32 Å². The van der Waals surface area contributed by atoms with Crippen molar-refractivity contribution in [3.8, 4) is 0 Å². The molecule has 7 nitrogen and oxygen atoms in total. The summed E-state index contributed by atoms with van der Waals surface area (Å²) < 4.78 is 27.1. The van der Waals surface area contributed by atoms with E-state index in [0.717, 1.165) is 15.6 Å². The number of hydrogen-bond donors (Lipinski definition) is 4. The van der Waals surface area contributed by atoms with E-state index >= 15 is 0 Å². The normalized spacial score (nSPS) is 17.9. The topological polar surface area (TPSA) is 124 Å². The summed E-state index contributed by atoms with van der Waals surface area (Å²) in [6.07, 6.45) is 0.156. The van der Waals surface area contributed by atoms with Crippen LogP contribution in [0.1, 0.15) is 44.2 Å². The molecule has 0 heterocycles. The third-order valence-corrected chi connectivity index (χ3v) is 9.70. The molecule has 0 saturated carbocycles. The van der Waals surface area contributed by atoms with Crippen LogP contribution in [0.5, 0.6) is 0 Å². The minimum absolute atomic E-state index is 0.0175. The van der Waals surface area contributed by atoms with Crippen LogP contribution >= 0.6 is 27.5 Å². The summed E-state index contributed by atoms with van der Waals surface area (Å²) in [5.41, 5.74) is 0.692. The average Bonchev–Trinajstić information content (AvgIpc) is 2.92. The Hall–Kier alpha value is -3.27. The number of anilines is 1. The number of nitrogens with one attached hydrogen (secondary N) is 1. The third-order valence-electron chi connectivity index (χ3n) is 7.08. The summed E-state index contributed by atoms with van der Waals surface area (Å²) in [6.45, 7) is 5.53. The van der Waals surface area contributed by atoms with E-state index in [4.69, 9.17) is 11.6 Å². The molecule has 0 spiro atoms. The van der Waals surface area contributed by atoms with Crippen molar-refractivity contribution in [2.75, 3.05) is 5.32 Å². The lowest BCUT2D eigenvalue weighted by Crippen LogP contribution is -2.39. The van der Waals surface area contributed by atoms with E-state index in [9.17, 15) is 28.5 Å². The van der Waals surface area contributed by atoms with Crippen LogP contribution in [0.15, 0.2) is 104 Å². The smallest absolute Gasteiger partial charge is 0.238 e. The highest BCUT2D eigenvalue weighted by Crippen LogP contribution is 2.43. The van der Waals surface area contributed by atoms with Crippen LogP contribution in [0.25, 0.3) is 0 Å². The van der Waals surface area contributed by atoms with Gasteiger partial charge in [-0.2, -0.15) is 0 Å². The van der Waals surface area contributed by atoms with Crippen LogP contribution in [-0.2, 0) is 21.1 Å². The fourth-order valence-electron chi connectivity index (χ4n) is 4.73. The molecule has 210 valence electrons. The SMILES string of the molecule is CC(C)c1ccccc1CC1=C(O)C(O)=C(O)C(C)(C(=O)Nc2cc(S(=O)(=O)c3ccc(Br)cc3)ccc2Cl)C1. The Morgan fingerprint density at radius 1 is 1.00 bits per heavy atom. The van der Waals surface area contributed by atoms with Gasteiger partial charge in [-0.15, -0.1) is 0 Å². The number of aliphatic hydroxyl groups excluding tert-OH is 3. The summed E-state index contributed by atoms with van der Waals surface area (Å²) in [5, 5.41) is 34.8. The Bertz CT molecular complexity index is 1650. The first-order valence-electron chi connectivity index (χ1n) is 12.5.